The molecule has 0 radical (unpaired) electrons. The van der Waals surface area contributed by atoms with Gasteiger partial charge >= 0.3 is 6.03 Å². The van der Waals surface area contributed by atoms with Gasteiger partial charge in [0.2, 0.25) is 11.7 Å². The zero-order chi connectivity index (χ0) is 15.2. The van der Waals surface area contributed by atoms with Crippen molar-refractivity contribution in [3.63, 3.8) is 0 Å². The van der Waals surface area contributed by atoms with Gasteiger partial charge in [0.05, 0.1) is 6.54 Å². The molecule has 116 valence electrons. The van der Waals surface area contributed by atoms with E-state index in [9.17, 15) is 4.79 Å². The van der Waals surface area contributed by atoms with Gasteiger partial charge in [0, 0.05) is 24.0 Å². The lowest BCUT2D eigenvalue weighted by Gasteiger charge is -2.22. The minimum atomic E-state index is -0.185. The van der Waals surface area contributed by atoms with Crippen molar-refractivity contribution in [3.8, 4) is 11.4 Å². The number of rotatable bonds is 4. The first-order valence-corrected chi connectivity index (χ1v) is 7.58. The van der Waals surface area contributed by atoms with Crippen LogP contribution in [0.3, 0.4) is 0 Å². The van der Waals surface area contributed by atoms with Crippen LogP contribution in [-0.2, 0) is 6.54 Å². The predicted octanol–water partition coefficient (Wildman–Crippen LogP) is 2.26. The van der Waals surface area contributed by atoms with Gasteiger partial charge in [-0.05, 0) is 25.0 Å². The van der Waals surface area contributed by atoms with Gasteiger partial charge in [-0.25, -0.2) is 4.79 Å². The van der Waals surface area contributed by atoms with Gasteiger partial charge in [-0.2, -0.15) is 4.98 Å². The Labute approximate surface area is 128 Å². The smallest absolute Gasteiger partial charge is 0.315 e. The first-order valence-electron chi connectivity index (χ1n) is 7.58. The SMILES string of the molecule is O=C(NCc1nc(-c2ccncc2)no1)NC1CCCCC1. The van der Waals surface area contributed by atoms with Gasteiger partial charge in [-0.15, -0.1) is 0 Å². The average Bonchev–Trinajstić information content (AvgIpc) is 3.04. The molecule has 1 aliphatic carbocycles. The number of carbonyl (C=O) groups is 1. The Balaban J connectivity index is 1.49. The Bertz CT molecular complexity index is 607. The highest BCUT2D eigenvalue weighted by molar-refractivity contribution is 5.74. The minimum absolute atomic E-state index is 0.185. The molecule has 2 N–H and O–H groups in total. The van der Waals surface area contributed by atoms with E-state index in [4.69, 9.17) is 4.52 Å². The van der Waals surface area contributed by atoms with Crippen LogP contribution < -0.4 is 10.6 Å². The Morgan fingerprint density at radius 1 is 1.23 bits per heavy atom. The Morgan fingerprint density at radius 2 is 2.00 bits per heavy atom. The van der Waals surface area contributed by atoms with Crippen LogP contribution in [0.2, 0.25) is 0 Å². The van der Waals surface area contributed by atoms with Gasteiger partial charge in [0.15, 0.2) is 0 Å². The third-order valence-corrected chi connectivity index (χ3v) is 3.75. The van der Waals surface area contributed by atoms with Crippen molar-refractivity contribution in [3.05, 3.63) is 30.4 Å². The number of aromatic nitrogens is 3. The zero-order valence-electron chi connectivity index (χ0n) is 12.3. The molecule has 0 aromatic carbocycles. The van der Waals surface area contributed by atoms with Gasteiger partial charge in [-0.3, -0.25) is 4.98 Å². The highest BCUT2D eigenvalue weighted by Crippen LogP contribution is 2.17. The van der Waals surface area contributed by atoms with E-state index in [1.54, 1.807) is 24.5 Å². The summed E-state index contributed by atoms with van der Waals surface area (Å²) in [6, 6.07) is 3.70. The molecule has 2 aromatic heterocycles. The molecule has 2 aromatic rings. The molecule has 2 heterocycles. The van der Waals surface area contributed by atoms with E-state index in [-0.39, 0.29) is 18.6 Å². The molecular formula is C15H19N5O2. The van der Waals surface area contributed by atoms with E-state index in [2.05, 4.69) is 25.8 Å². The molecule has 1 saturated carbocycles. The summed E-state index contributed by atoms with van der Waals surface area (Å²) in [7, 11) is 0. The molecule has 0 saturated heterocycles. The molecule has 22 heavy (non-hydrogen) atoms. The second-order valence-electron chi connectivity index (χ2n) is 5.41. The third kappa shape index (κ3) is 3.81. The lowest BCUT2D eigenvalue weighted by Crippen LogP contribution is -2.42. The Kier molecular flexibility index (Phi) is 4.62. The largest absolute Gasteiger partial charge is 0.337 e. The lowest BCUT2D eigenvalue weighted by atomic mass is 9.96. The van der Waals surface area contributed by atoms with E-state index in [1.807, 2.05) is 0 Å². The standard InChI is InChI=1S/C15H19N5O2/c21-15(18-12-4-2-1-3-5-12)17-10-13-19-14(20-22-13)11-6-8-16-9-7-11/h6-9,12H,1-5,10H2,(H2,17,18,21). The van der Waals surface area contributed by atoms with Crippen molar-refractivity contribution >= 4 is 6.03 Å². The molecule has 0 unspecified atom stereocenters. The van der Waals surface area contributed by atoms with Gasteiger partial charge < -0.3 is 15.2 Å². The Hall–Kier alpha value is -2.44. The zero-order valence-corrected chi connectivity index (χ0v) is 12.3. The van der Waals surface area contributed by atoms with Crippen molar-refractivity contribution in [1.82, 2.24) is 25.8 Å². The molecule has 1 aliphatic rings. The number of nitrogens with one attached hydrogen (secondary N) is 2. The van der Waals surface area contributed by atoms with Crippen LogP contribution >= 0.6 is 0 Å². The van der Waals surface area contributed by atoms with E-state index in [0.717, 1.165) is 18.4 Å². The number of pyridine rings is 1. The fraction of sp³-hybridized carbons (Fsp3) is 0.467. The summed E-state index contributed by atoms with van der Waals surface area (Å²) in [6.07, 6.45) is 9.08. The van der Waals surface area contributed by atoms with Gasteiger partial charge in [0.1, 0.15) is 0 Å². The molecule has 7 heteroatoms. The average molecular weight is 301 g/mol. The molecule has 3 rings (SSSR count). The molecule has 0 atom stereocenters. The number of amides is 2. The second-order valence-corrected chi connectivity index (χ2v) is 5.41. The predicted molar refractivity (Wildman–Crippen MR) is 79.8 cm³/mol. The quantitative estimate of drug-likeness (QED) is 0.903. The number of hydrogen-bond donors (Lipinski definition) is 2. The molecule has 1 fully saturated rings. The van der Waals surface area contributed by atoms with Crippen LogP contribution in [0.15, 0.2) is 29.0 Å². The van der Waals surface area contributed by atoms with Crippen molar-refractivity contribution < 1.29 is 9.32 Å². The molecule has 0 aliphatic heterocycles. The van der Waals surface area contributed by atoms with Crippen LogP contribution in [0.25, 0.3) is 11.4 Å². The first-order chi connectivity index (χ1) is 10.8. The number of urea groups is 1. The number of nitrogens with zero attached hydrogens (tertiary/aromatic N) is 3. The lowest BCUT2D eigenvalue weighted by molar-refractivity contribution is 0.230. The number of hydrogen-bond acceptors (Lipinski definition) is 5. The van der Waals surface area contributed by atoms with Crippen LogP contribution in [0.4, 0.5) is 4.79 Å². The summed E-state index contributed by atoms with van der Waals surface area (Å²) in [6.45, 7) is 0.219. The Morgan fingerprint density at radius 3 is 2.77 bits per heavy atom. The maximum atomic E-state index is 11.8. The first kappa shape index (κ1) is 14.5. The summed E-state index contributed by atoms with van der Waals surface area (Å²) in [5, 5.41) is 9.63. The summed E-state index contributed by atoms with van der Waals surface area (Å²) in [4.78, 5) is 20.0. The van der Waals surface area contributed by atoms with Crippen molar-refractivity contribution in [2.24, 2.45) is 0 Å². The highest BCUT2D eigenvalue weighted by atomic mass is 16.5. The topological polar surface area (TPSA) is 92.9 Å². The van der Waals surface area contributed by atoms with E-state index >= 15 is 0 Å². The monoisotopic (exact) mass is 301 g/mol. The molecule has 0 bridgehead atoms. The molecule has 2 amide bonds. The van der Waals surface area contributed by atoms with Crippen molar-refractivity contribution in [2.75, 3.05) is 0 Å². The number of carbonyl (C=O) groups excluding carboxylic acids is 1. The van der Waals surface area contributed by atoms with Crippen LogP contribution in [-0.4, -0.2) is 27.2 Å². The van der Waals surface area contributed by atoms with E-state index < -0.39 is 0 Å². The summed E-state index contributed by atoms with van der Waals surface area (Å²) >= 11 is 0. The summed E-state index contributed by atoms with van der Waals surface area (Å²) in [5.41, 5.74) is 0.830. The molecule has 0 spiro atoms. The minimum Gasteiger partial charge on any atom is -0.337 e. The van der Waals surface area contributed by atoms with Crippen LogP contribution in [0.1, 0.15) is 38.0 Å². The fourth-order valence-electron chi connectivity index (χ4n) is 2.58. The maximum Gasteiger partial charge on any atom is 0.315 e. The van der Waals surface area contributed by atoms with Crippen molar-refractivity contribution in [2.45, 2.75) is 44.7 Å². The normalized spacial score (nSPS) is 15.5. The van der Waals surface area contributed by atoms with Crippen LogP contribution in [0, 0.1) is 0 Å². The highest BCUT2D eigenvalue weighted by Gasteiger charge is 2.16. The summed E-state index contributed by atoms with van der Waals surface area (Å²) in [5.74, 6) is 0.873. The van der Waals surface area contributed by atoms with E-state index in [1.165, 1.54) is 19.3 Å². The third-order valence-electron chi connectivity index (χ3n) is 3.75. The van der Waals surface area contributed by atoms with E-state index in [0.29, 0.717) is 11.7 Å². The summed E-state index contributed by atoms with van der Waals surface area (Å²) < 4.78 is 5.14. The van der Waals surface area contributed by atoms with Gasteiger partial charge in [0.25, 0.3) is 0 Å². The van der Waals surface area contributed by atoms with Crippen LogP contribution in [0.5, 0.6) is 0 Å². The fourth-order valence-corrected chi connectivity index (χ4v) is 2.58. The van der Waals surface area contributed by atoms with Crippen molar-refractivity contribution in [1.29, 1.82) is 0 Å². The molecular weight excluding hydrogens is 282 g/mol. The van der Waals surface area contributed by atoms with Gasteiger partial charge in [-0.1, -0.05) is 24.4 Å². The maximum absolute atomic E-state index is 11.8. The molecule has 7 nitrogen and oxygen atoms in total. The second kappa shape index (κ2) is 7.02.